The van der Waals surface area contributed by atoms with E-state index in [1.54, 1.807) is 30.2 Å². The van der Waals surface area contributed by atoms with E-state index >= 15 is 0 Å². The predicted octanol–water partition coefficient (Wildman–Crippen LogP) is 2.78. The Bertz CT molecular complexity index is 1050. The summed E-state index contributed by atoms with van der Waals surface area (Å²) in [5.41, 5.74) is -0.484. The number of hydrogen-bond donors (Lipinski definition) is 1. The molecular formula is C20H23NO6S2. The number of amides is 1. The van der Waals surface area contributed by atoms with Crippen molar-refractivity contribution < 1.29 is 27.8 Å². The zero-order valence-electron chi connectivity index (χ0n) is 16.4. The number of ether oxygens (including phenoxy) is 2. The number of thiophene rings is 1. The second-order valence-corrected chi connectivity index (χ2v) is 10.9. The Hall–Kier alpha value is -2.10. The van der Waals surface area contributed by atoms with Crippen LogP contribution in [0.2, 0.25) is 0 Å². The Morgan fingerprint density at radius 1 is 1.34 bits per heavy atom. The summed E-state index contributed by atoms with van der Waals surface area (Å²) in [7, 11) is -2.42. The van der Waals surface area contributed by atoms with Gasteiger partial charge in [0.25, 0.3) is 0 Å². The minimum Gasteiger partial charge on any atom is -0.495 e. The monoisotopic (exact) mass is 437 g/mol. The van der Waals surface area contributed by atoms with Gasteiger partial charge in [0, 0.05) is 24.6 Å². The van der Waals surface area contributed by atoms with Crippen LogP contribution < -0.4 is 9.47 Å². The summed E-state index contributed by atoms with van der Waals surface area (Å²) >= 11 is 1.12. The van der Waals surface area contributed by atoms with Gasteiger partial charge in [0.15, 0.2) is 0 Å². The van der Waals surface area contributed by atoms with Crippen molar-refractivity contribution in [3.8, 4) is 11.5 Å². The number of sulfone groups is 1. The first-order chi connectivity index (χ1) is 13.7. The van der Waals surface area contributed by atoms with Gasteiger partial charge >= 0.3 is 0 Å². The van der Waals surface area contributed by atoms with Crippen LogP contribution in [0.1, 0.15) is 38.3 Å². The second-order valence-electron chi connectivity index (χ2n) is 7.76. The number of nitrogens with zero attached hydrogens (tertiary/aromatic N) is 1. The molecule has 2 aliphatic heterocycles. The summed E-state index contributed by atoms with van der Waals surface area (Å²) in [4.78, 5) is 14.1. The van der Waals surface area contributed by atoms with Crippen LogP contribution in [0.25, 0.3) is 0 Å². The average molecular weight is 438 g/mol. The van der Waals surface area contributed by atoms with E-state index in [4.69, 9.17) is 9.47 Å². The number of likely N-dealkylation sites (tertiary alicyclic amines) is 1. The Morgan fingerprint density at radius 2 is 2.10 bits per heavy atom. The lowest BCUT2D eigenvalue weighted by Gasteiger charge is -2.45. The number of methoxy groups -OCH3 is 1. The molecule has 29 heavy (non-hydrogen) atoms. The molecule has 3 heterocycles. The molecule has 1 fully saturated rings. The third kappa shape index (κ3) is 3.21. The number of carbonyl (C=O) groups is 1. The van der Waals surface area contributed by atoms with Crippen LogP contribution in [0.5, 0.6) is 11.5 Å². The number of benzene rings is 1. The van der Waals surface area contributed by atoms with Crippen LogP contribution in [0.3, 0.4) is 0 Å². The molecule has 9 heteroatoms. The first kappa shape index (κ1) is 20.2. The summed E-state index contributed by atoms with van der Waals surface area (Å²) in [6.45, 7) is 4.00. The van der Waals surface area contributed by atoms with E-state index < -0.39 is 27.6 Å². The third-order valence-electron chi connectivity index (χ3n) is 5.49. The molecule has 2 aliphatic rings. The first-order valence-corrected chi connectivity index (χ1v) is 11.7. The van der Waals surface area contributed by atoms with E-state index in [1.807, 2.05) is 0 Å². The van der Waals surface area contributed by atoms with Gasteiger partial charge < -0.3 is 19.5 Å². The van der Waals surface area contributed by atoms with Crippen LogP contribution in [0, 0.1) is 0 Å². The number of aliphatic hydroxyl groups is 1. The molecule has 0 aliphatic carbocycles. The zero-order valence-corrected chi connectivity index (χ0v) is 18.0. The normalized spacial score (nSPS) is 23.6. The van der Waals surface area contributed by atoms with Crippen molar-refractivity contribution >= 4 is 27.1 Å². The summed E-state index contributed by atoms with van der Waals surface area (Å²) in [6, 6.07) is 5.54. The molecule has 4 rings (SSSR count). The van der Waals surface area contributed by atoms with Gasteiger partial charge in [-0.2, -0.15) is 0 Å². The molecule has 2 unspecified atom stereocenters. The summed E-state index contributed by atoms with van der Waals surface area (Å²) in [5.74, 6) is 0.513. The molecule has 0 bridgehead atoms. The van der Waals surface area contributed by atoms with Crippen molar-refractivity contribution in [2.75, 3.05) is 13.7 Å². The van der Waals surface area contributed by atoms with Gasteiger partial charge in [-0.3, -0.25) is 4.79 Å². The van der Waals surface area contributed by atoms with Gasteiger partial charge in [0.1, 0.15) is 32.3 Å². The molecule has 0 radical (unpaired) electrons. The van der Waals surface area contributed by atoms with Crippen LogP contribution in [0.15, 0.2) is 38.8 Å². The Morgan fingerprint density at radius 3 is 2.69 bits per heavy atom. The predicted molar refractivity (Wildman–Crippen MR) is 107 cm³/mol. The number of aliphatic hydroxyl groups excluding tert-OH is 1. The average Bonchev–Trinajstić information content (AvgIpc) is 3.34. The number of fused-ring (bicyclic) bond motifs is 1. The molecule has 1 aromatic carbocycles. The van der Waals surface area contributed by atoms with Crippen molar-refractivity contribution in [1.82, 2.24) is 4.90 Å². The van der Waals surface area contributed by atoms with Crippen molar-refractivity contribution in [3.05, 3.63) is 35.2 Å². The standard InChI is InChI=1S/C20H23NO6S2/c1-20(2)19(23)18(21-8-4-6-16(21)22)12-10-15(14(26-3)11-13(12)27-20)29(24,25)17-7-5-9-28-17/h5,7,9-11,18-19,23H,4,6,8H2,1-3H3. The zero-order chi connectivity index (χ0) is 21.0. The number of hydrogen-bond acceptors (Lipinski definition) is 7. The highest BCUT2D eigenvalue weighted by Gasteiger charge is 2.48. The second kappa shape index (κ2) is 7.00. The van der Waals surface area contributed by atoms with Crippen LogP contribution in [-0.2, 0) is 14.6 Å². The molecule has 1 amide bonds. The summed E-state index contributed by atoms with van der Waals surface area (Å²) in [5, 5.41) is 12.7. The summed E-state index contributed by atoms with van der Waals surface area (Å²) < 4.78 is 38.0. The molecule has 2 atom stereocenters. The number of rotatable bonds is 4. The quantitative estimate of drug-likeness (QED) is 0.791. The molecule has 2 aromatic rings. The minimum atomic E-state index is -3.83. The Labute approximate surface area is 173 Å². The topological polar surface area (TPSA) is 93.1 Å². The maximum absolute atomic E-state index is 13.2. The molecule has 1 N–H and O–H groups in total. The Balaban J connectivity index is 1.93. The molecule has 1 aromatic heterocycles. The maximum Gasteiger partial charge on any atom is 0.223 e. The lowest BCUT2D eigenvalue weighted by atomic mass is 9.85. The third-order valence-corrected chi connectivity index (χ3v) is 8.67. The highest BCUT2D eigenvalue weighted by Crippen LogP contribution is 2.48. The van der Waals surface area contributed by atoms with Gasteiger partial charge in [-0.05, 0) is 37.8 Å². The van der Waals surface area contributed by atoms with Crippen LogP contribution >= 0.6 is 11.3 Å². The van der Waals surface area contributed by atoms with E-state index in [9.17, 15) is 18.3 Å². The van der Waals surface area contributed by atoms with Gasteiger partial charge in [-0.1, -0.05) is 6.07 Å². The first-order valence-electron chi connectivity index (χ1n) is 9.34. The van der Waals surface area contributed by atoms with Crippen molar-refractivity contribution in [3.63, 3.8) is 0 Å². The molecule has 7 nitrogen and oxygen atoms in total. The molecule has 0 spiro atoms. The van der Waals surface area contributed by atoms with E-state index in [2.05, 4.69) is 0 Å². The lowest BCUT2D eigenvalue weighted by molar-refractivity contribution is -0.139. The fourth-order valence-electron chi connectivity index (χ4n) is 3.97. The van der Waals surface area contributed by atoms with Gasteiger partial charge in [-0.15, -0.1) is 11.3 Å². The smallest absolute Gasteiger partial charge is 0.223 e. The minimum absolute atomic E-state index is 0.00616. The highest BCUT2D eigenvalue weighted by molar-refractivity contribution is 7.93. The fourth-order valence-corrected chi connectivity index (χ4v) is 6.52. The lowest BCUT2D eigenvalue weighted by Crippen LogP contribution is -2.53. The van der Waals surface area contributed by atoms with Crippen molar-refractivity contribution in [2.45, 2.75) is 53.5 Å². The molecule has 0 saturated carbocycles. The van der Waals surface area contributed by atoms with Gasteiger partial charge in [0.05, 0.1) is 13.2 Å². The van der Waals surface area contributed by atoms with Gasteiger partial charge in [0.2, 0.25) is 15.7 Å². The molecular weight excluding hydrogens is 414 g/mol. The largest absolute Gasteiger partial charge is 0.495 e. The molecule has 1 saturated heterocycles. The van der Waals surface area contributed by atoms with Crippen LogP contribution in [-0.4, -0.2) is 49.7 Å². The van der Waals surface area contributed by atoms with Gasteiger partial charge in [-0.25, -0.2) is 8.42 Å². The SMILES string of the molecule is COc1cc2c(cc1S(=O)(=O)c1cccs1)C(N1CCCC1=O)C(O)C(C)(C)O2. The highest BCUT2D eigenvalue weighted by atomic mass is 32.2. The van der Waals surface area contributed by atoms with E-state index in [1.165, 1.54) is 25.3 Å². The summed E-state index contributed by atoms with van der Waals surface area (Å²) in [6.07, 6.45) is 0.105. The number of carbonyl (C=O) groups excluding carboxylic acids is 1. The van der Waals surface area contributed by atoms with E-state index in [0.29, 0.717) is 30.7 Å². The maximum atomic E-state index is 13.2. The fraction of sp³-hybridized carbons (Fsp3) is 0.450. The van der Waals surface area contributed by atoms with E-state index in [0.717, 1.165) is 11.3 Å². The molecule has 156 valence electrons. The van der Waals surface area contributed by atoms with Crippen molar-refractivity contribution in [1.29, 1.82) is 0 Å². The van der Waals surface area contributed by atoms with Crippen LogP contribution in [0.4, 0.5) is 0 Å². The van der Waals surface area contributed by atoms with Crippen molar-refractivity contribution in [2.24, 2.45) is 0 Å². The Kier molecular flexibility index (Phi) is 4.87. The van der Waals surface area contributed by atoms with E-state index in [-0.39, 0.29) is 20.8 Å².